The van der Waals surface area contributed by atoms with E-state index < -0.39 is 0 Å². The first kappa shape index (κ1) is 18.5. The number of aromatic nitrogens is 4. The molecule has 1 saturated heterocycles. The molecule has 10 heteroatoms. The molecule has 5 heterocycles. The lowest BCUT2D eigenvalue weighted by Crippen LogP contribution is -2.44. The minimum atomic E-state index is 0. The Labute approximate surface area is 166 Å². The van der Waals surface area contributed by atoms with Gasteiger partial charge < -0.3 is 9.84 Å². The summed E-state index contributed by atoms with van der Waals surface area (Å²) in [6.07, 6.45) is 1.85. The van der Waals surface area contributed by atoms with Gasteiger partial charge in [-0.1, -0.05) is 5.16 Å². The molecule has 1 unspecified atom stereocenters. The van der Waals surface area contributed by atoms with Gasteiger partial charge in [0.2, 0.25) is 0 Å². The first-order valence-corrected chi connectivity index (χ1v) is 9.73. The molecule has 0 aromatic carbocycles. The van der Waals surface area contributed by atoms with E-state index in [1.54, 1.807) is 4.57 Å². The average Bonchev–Trinajstić information content (AvgIpc) is 3.34. The number of nitrogens with zero attached hydrogens (tertiary/aromatic N) is 5. The van der Waals surface area contributed by atoms with Crippen molar-refractivity contribution in [1.29, 1.82) is 0 Å². The summed E-state index contributed by atoms with van der Waals surface area (Å²) in [7, 11) is 2.07. The van der Waals surface area contributed by atoms with Gasteiger partial charge in [-0.15, -0.1) is 23.7 Å². The summed E-state index contributed by atoms with van der Waals surface area (Å²) in [5.74, 6) is 2.04. The SMILES string of the molecule is Cc1c(-c2nc(C3CNCCN3C)no2)sc2nc3n(c(=O)c12)CCC3.Cl. The number of likely N-dealkylation sites (N-methyl/N-ethyl adjacent to an activating group) is 1. The number of piperazine rings is 1. The van der Waals surface area contributed by atoms with Gasteiger partial charge in [-0.3, -0.25) is 14.3 Å². The number of fused-ring (bicyclic) bond motifs is 2. The van der Waals surface area contributed by atoms with E-state index in [2.05, 4.69) is 27.4 Å². The lowest BCUT2D eigenvalue weighted by Gasteiger charge is -2.30. The van der Waals surface area contributed by atoms with Gasteiger partial charge in [-0.25, -0.2) is 4.98 Å². The molecule has 8 nitrogen and oxygen atoms in total. The maximum Gasteiger partial charge on any atom is 0.268 e. The quantitative estimate of drug-likeness (QED) is 0.691. The van der Waals surface area contributed by atoms with Gasteiger partial charge in [0.25, 0.3) is 11.4 Å². The maximum absolute atomic E-state index is 12.8. The first-order chi connectivity index (χ1) is 12.6. The summed E-state index contributed by atoms with van der Waals surface area (Å²) < 4.78 is 7.36. The van der Waals surface area contributed by atoms with Gasteiger partial charge in [-0.05, 0) is 26.0 Å². The number of nitrogens with one attached hydrogen (secondary N) is 1. The van der Waals surface area contributed by atoms with Crippen molar-refractivity contribution in [3.05, 3.63) is 27.6 Å². The Morgan fingerprint density at radius 2 is 2.15 bits per heavy atom. The molecule has 0 bridgehead atoms. The van der Waals surface area contributed by atoms with Crippen LogP contribution in [0.25, 0.3) is 21.0 Å². The van der Waals surface area contributed by atoms with E-state index in [0.717, 1.165) is 60.1 Å². The van der Waals surface area contributed by atoms with Crippen LogP contribution in [-0.2, 0) is 13.0 Å². The molecule has 3 aromatic heterocycles. The minimum absolute atomic E-state index is 0. The van der Waals surface area contributed by atoms with Crippen LogP contribution < -0.4 is 10.9 Å². The Kier molecular flexibility index (Phi) is 4.79. The zero-order valence-corrected chi connectivity index (χ0v) is 16.8. The Balaban J connectivity index is 0.00000180. The summed E-state index contributed by atoms with van der Waals surface area (Å²) in [4.78, 5) is 26.0. The van der Waals surface area contributed by atoms with Crippen molar-refractivity contribution in [3.8, 4) is 10.8 Å². The summed E-state index contributed by atoms with van der Waals surface area (Å²) in [5, 5.41) is 8.25. The molecular formula is C17H21ClN6O2S. The summed E-state index contributed by atoms with van der Waals surface area (Å²) in [6.45, 7) is 5.41. The zero-order valence-electron chi connectivity index (χ0n) is 15.2. The molecule has 1 atom stereocenters. The van der Waals surface area contributed by atoms with E-state index in [9.17, 15) is 4.79 Å². The highest BCUT2D eigenvalue weighted by molar-refractivity contribution is 7.22. The lowest BCUT2D eigenvalue weighted by atomic mass is 10.2. The highest BCUT2D eigenvalue weighted by Crippen LogP contribution is 2.36. The highest BCUT2D eigenvalue weighted by Gasteiger charge is 2.28. The first-order valence-electron chi connectivity index (χ1n) is 8.91. The molecule has 2 aliphatic rings. The second kappa shape index (κ2) is 6.97. The van der Waals surface area contributed by atoms with Crippen LogP contribution in [-0.4, -0.2) is 51.3 Å². The number of halogens is 1. The monoisotopic (exact) mass is 408 g/mol. The molecule has 3 aromatic rings. The molecule has 0 spiro atoms. The standard InChI is InChI=1S/C17H20N6O2S.ClH/c1-9-12-16(19-11-4-3-6-23(11)17(12)24)26-13(9)15-20-14(21-25-15)10-8-18-5-7-22(10)2;/h10,18H,3-8H2,1-2H3;1H. The van der Waals surface area contributed by atoms with Crippen LogP contribution in [0.4, 0.5) is 0 Å². The third-order valence-electron chi connectivity index (χ3n) is 5.36. The molecular weight excluding hydrogens is 388 g/mol. The van der Waals surface area contributed by atoms with Crippen LogP contribution in [0, 0.1) is 6.92 Å². The van der Waals surface area contributed by atoms with Crippen molar-refractivity contribution >= 4 is 34.0 Å². The number of hydrogen-bond acceptors (Lipinski definition) is 8. The number of thiophene rings is 1. The van der Waals surface area contributed by atoms with E-state index in [1.165, 1.54) is 11.3 Å². The second-order valence-corrected chi connectivity index (χ2v) is 7.98. The van der Waals surface area contributed by atoms with Crippen LogP contribution in [0.5, 0.6) is 0 Å². The van der Waals surface area contributed by atoms with E-state index in [4.69, 9.17) is 9.51 Å². The normalized spacial score (nSPS) is 20.0. The molecule has 0 radical (unpaired) electrons. The average molecular weight is 409 g/mol. The van der Waals surface area contributed by atoms with E-state index in [1.807, 2.05) is 6.92 Å². The topological polar surface area (TPSA) is 89.1 Å². The molecule has 5 rings (SSSR count). The van der Waals surface area contributed by atoms with Crippen molar-refractivity contribution in [3.63, 3.8) is 0 Å². The van der Waals surface area contributed by atoms with E-state index in [0.29, 0.717) is 17.1 Å². The second-order valence-electron chi connectivity index (χ2n) is 6.98. The molecule has 0 saturated carbocycles. The third kappa shape index (κ3) is 2.89. The van der Waals surface area contributed by atoms with Crippen LogP contribution >= 0.6 is 23.7 Å². The predicted molar refractivity (Wildman–Crippen MR) is 106 cm³/mol. The fraction of sp³-hybridized carbons (Fsp3) is 0.529. The Bertz CT molecular complexity index is 1060. The maximum atomic E-state index is 12.8. The Morgan fingerprint density at radius 1 is 1.30 bits per heavy atom. The van der Waals surface area contributed by atoms with Crippen molar-refractivity contribution in [2.45, 2.75) is 32.4 Å². The smallest absolute Gasteiger partial charge is 0.268 e. The van der Waals surface area contributed by atoms with Gasteiger partial charge in [0.1, 0.15) is 10.7 Å². The van der Waals surface area contributed by atoms with Crippen LogP contribution in [0.15, 0.2) is 9.32 Å². The number of rotatable bonds is 2. The van der Waals surface area contributed by atoms with Crippen molar-refractivity contribution < 1.29 is 4.52 Å². The van der Waals surface area contributed by atoms with Crippen molar-refractivity contribution in [2.75, 3.05) is 26.7 Å². The number of aryl methyl sites for hydroxylation is 2. The minimum Gasteiger partial charge on any atom is -0.333 e. The molecule has 144 valence electrons. The van der Waals surface area contributed by atoms with Gasteiger partial charge >= 0.3 is 0 Å². The third-order valence-corrected chi connectivity index (χ3v) is 6.53. The van der Waals surface area contributed by atoms with E-state index >= 15 is 0 Å². The van der Waals surface area contributed by atoms with Gasteiger partial charge in [0.15, 0.2) is 5.82 Å². The fourth-order valence-electron chi connectivity index (χ4n) is 3.84. The fourth-order valence-corrected chi connectivity index (χ4v) is 4.95. The van der Waals surface area contributed by atoms with Crippen LogP contribution in [0.2, 0.25) is 0 Å². The van der Waals surface area contributed by atoms with Crippen LogP contribution in [0.3, 0.4) is 0 Å². The predicted octanol–water partition coefficient (Wildman–Crippen LogP) is 1.76. The molecule has 0 aliphatic carbocycles. The van der Waals surface area contributed by atoms with E-state index in [-0.39, 0.29) is 24.0 Å². The summed E-state index contributed by atoms with van der Waals surface area (Å²) >= 11 is 1.47. The lowest BCUT2D eigenvalue weighted by molar-refractivity contribution is 0.190. The molecule has 27 heavy (non-hydrogen) atoms. The highest BCUT2D eigenvalue weighted by atomic mass is 35.5. The summed E-state index contributed by atoms with van der Waals surface area (Å²) in [5.41, 5.74) is 0.938. The Hall–Kier alpha value is -1.81. The van der Waals surface area contributed by atoms with Gasteiger partial charge in [0.05, 0.1) is 16.3 Å². The molecule has 1 N–H and O–H groups in total. The molecule has 0 amide bonds. The number of hydrogen-bond donors (Lipinski definition) is 1. The van der Waals surface area contributed by atoms with Crippen molar-refractivity contribution in [1.82, 2.24) is 29.9 Å². The molecule has 1 fully saturated rings. The van der Waals surface area contributed by atoms with Crippen LogP contribution in [0.1, 0.15) is 29.7 Å². The molecule has 2 aliphatic heterocycles. The van der Waals surface area contributed by atoms with Gasteiger partial charge in [-0.2, -0.15) is 4.98 Å². The van der Waals surface area contributed by atoms with Gasteiger partial charge in [0, 0.05) is 32.6 Å². The Morgan fingerprint density at radius 3 is 2.96 bits per heavy atom. The van der Waals surface area contributed by atoms with Crippen molar-refractivity contribution in [2.24, 2.45) is 0 Å². The summed E-state index contributed by atoms with van der Waals surface area (Å²) in [6, 6.07) is 0.100. The zero-order chi connectivity index (χ0) is 17.8. The largest absolute Gasteiger partial charge is 0.333 e.